The second kappa shape index (κ2) is 10.7. The van der Waals surface area contributed by atoms with Crippen LogP contribution in [0.1, 0.15) is 38.2 Å². The quantitative estimate of drug-likeness (QED) is 0.380. The van der Waals surface area contributed by atoms with Crippen LogP contribution in [0.5, 0.6) is 11.5 Å². The first kappa shape index (κ1) is 26.9. The van der Waals surface area contributed by atoms with Gasteiger partial charge in [0.2, 0.25) is 22.7 Å². The second-order valence-corrected chi connectivity index (χ2v) is 11.9. The molecule has 198 valence electrons. The molecule has 1 saturated carbocycles. The number of fused-ring (bicyclic) bond motifs is 1. The van der Waals surface area contributed by atoms with E-state index in [-0.39, 0.29) is 43.0 Å². The largest absolute Gasteiger partial charge is 0.454 e. The predicted octanol–water partition coefficient (Wildman–Crippen LogP) is 1.82. The molecule has 2 aromatic carbocycles. The third kappa shape index (κ3) is 5.60. The number of sulfonamides is 1. The van der Waals surface area contributed by atoms with Gasteiger partial charge in [-0.2, -0.15) is 4.31 Å². The number of hydrogen-bond donors (Lipinski definition) is 3. The molecule has 4 rings (SSSR count). The molecule has 0 saturated heterocycles. The van der Waals surface area contributed by atoms with Crippen molar-refractivity contribution in [2.75, 3.05) is 19.9 Å². The monoisotopic (exact) mass is 527 g/mol. The number of nitrogens with zero attached hydrogens (tertiary/aromatic N) is 1. The van der Waals surface area contributed by atoms with Crippen LogP contribution in [0.25, 0.3) is 0 Å². The summed E-state index contributed by atoms with van der Waals surface area (Å²) in [5, 5.41) is 14.5. The normalized spacial score (nSPS) is 21.9. The zero-order valence-corrected chi connectivity index (χ0v) is 21.8. The van der Waals surface area contributed by atoms with E-state index in [0.717, 1.165) is 5.56 Å². The minimum atomic E-state index is -4.01. The Morgan fingerprint density at radius 2 is 1.92 bits per heavy atom. The Kier molecular flexibility index (Phi) is 7.80. The van der Waals surface area contributed by atoms with E-state index in [0.29, 0.717) is 17.9 Å². The van der Waals surface area contributed by atoms with Crippen molar-refractivity contribution < 1.29 is 27.8 Å². The van der Waals surface area contributed by atoms with Gasteiger partial charge in [-0.05, 0) is 30.0 Å². The lowest BCUT2D eigenvalue weighted by Crippen LogP contribution is -2.56. The number of carbonyl (C=O) groups excluding carboxylic acids is 1. The Morgan fingerprint density at radius 3 is 2.59 bits per heavy atom. The maximum atomic E-state index is 13.7. The van der Waals surface area contributed by atoms with E-state index in [9.17, 15) is 18.3 Å². The highest BCUT2D eigenvalue weighted by atomic mass is 32.2. The van der Waals surface area contributed by atoms with Gasteiger partial charge in [0, 0.05) is 31.5 Å². The molecule has 2 unspecified atom stereocenters. The molecule has 2 aromatic rings. The lowest BCUT2D eigenvalue weighted by Gasteiger charge is -2.32. The molecule has 1 amide bonds. The third-order valence-corrected chi connectivity index (χ3v) is 8.59. The van der Waals surface area contributed by atoms with Crippen molar-refractivity contribution >= 4 is 15.9 Å². The summed E-state index contributed by atoms with van der Waals surface area (Å²) in [7, 11) is -4.01. The summed E-state index contributed by atoms with van der Waals surface area (Å²) in [4.78, 5) is 12.9. The summed E-state index contributed by atoms with van der Waals surface area (Å²) in [6.45, 7) is 3.77. The molecule has 4 atom stereocenters. The van der Waals surface area contributed by atoms with Gasteiger partial charge < -0.3 is 25.6 Å². The van der Waals surface area contributed by atoms with Crippen molar-refractivity contribution in [3.63, 3.8) is 0 Å². The number of aliphatic hydroxyl groups excluding tert-OH is 1. The van der Waals surface area contributed by atoms with Crippen molar-refractivity contribution in [1.82, 2.24) is 9.62 Å². The standard InChI is InChI=1S/C27H33N3O6S/c1-4-8-22(28)26(32)29-27(14-21(27)19-9-6-5-7-10-19)25(31)16-30(15-18(2)3)37(33,34)20-11-12-23-24(13-20)36-17-35-23/h1,5-7,9-13,18,21-22,25,31H,8,14-17,28H2,2-3H3,(H,29,32)/t21?,22-,25+,27?/m0/s1. The third-order valence-electron chi connectivity index (χ3n) is 6.76. The van der Waals surface area contributed by atoms with Gasteiger partial charge in [0.15, 0.2) is 11.5 Å². The number of amides is 1. The van der Waals surface area contributed by atoms with Gasteiger partial charge in [-0.15, -0.1) is 12.3 Å². The van der Waals surface area contributed by atoms with Gasteiger partial charge in [-0.3, -0.25) is 4.79 Å². The first-order chi connectivity index (χ1) is 17.6. The lowest BCUT2D eigenvalue weighted by molar-refractivity contribution is -0.124. The van der Waals surface area contributed by atoms with Crippen LogP contribution < -0.4 is 20.5 Å². The molecule has 2 aliphatic rings. The number of rotatable bonds is 11. The number of hydrogen-bond acceptors (Lipinski definition) is 7. The molecule has 9 nitrogen and oxygen atoms in total. The van der Waals surface area contributed by atoms with Crippen LogP contribution in [0.15, 0.2) is 53.4 Å². The summed E-state index contributed by atoms with van der Waals surface area (Å²) in [6, 6.07) is 13.0. The molecule has 1 fully saturated rings. The van der Waals surface area contributed by atoms with Gasteiger partial charge in [-0.1, -0.05) is 44.2 Å². The molecule has 37 heavy (non-hydrogen) atoms. The minimum absolute atomic E-state index is 0.0188. The van der Waals surface area contributed by atoms with Crippen LogP contribution >= 0.6 is 0 Å². The fraction of sp³-hybridized carbons (Fsp3) is 0.444. The van der Waals surface area contributed by atoms with Gasteiger partial charge in [0.1, 0.15) is 0 Å². The minimum Gasteiger partial charge on any atom is -0.454 e. The molecule has 0 aromatic heterocycles. The molecular weight excluding hydrogens is 494 g/mol. The van der Waals surface area contributed by atoms with Crippen molar-refractivity contribution in [1.29, 1.82) is 0 Å². The molecule has 4 N–H and O–H groups in total. The van der Waals surface area contributed by atoms with Crippen LogP contribution in [0.4, 0.5) is 0 Å². The van der Waals surface area contributed by atoms with Gasteiger partial charge in [0.25, 0.3) is 0 Å². The van der Waals surface area contributed by atoms with E-state index in [2.05, 4.69) is 11.2 Å². The van der Waals surface area contributed by atoms with Crippen LogP contribution in [0.2, 0.25) is 0 Å². The summed E-state index contributed by atoms with van der Waals surface area (Å²) in [6.07, 6.45) is 4.60. The average Bonchev–Trinajstić information content (AvgIpc) is 3.40. The number of aliphatic hydroxyl groups is 1. The predicted molar refractivity (Wildman–Crippen MR) is 138 cm³/mol. The number of carbonyl (C=O) groups is 1. The molecule has 10 heteroatoms. The van der Waals surface area contributed by atoms with E-state index < -0.39 is 33.6 Å². The van der Waals surface area contributed by atoms with E-state index in [1.54, 1.807) is 6.07 Å². The SMILES string of the molecule is C#CC[C@H](N)C(=O)NC1([C@H](O)CN(CC(C)C)S(=O)(=O)c2ccc3c(c2)OCO3)CC1c1ccccc1. The van der Waals surface area contributed by atoms with Crippen molar-refractivity contribution in [3.8, 4) is 23.8 Å². The Morgan fingerprint density at radius 1 is 1.22 bits per heavy atom. The number of benzene rings is 2. The van der Waals surface area contributed by atoms with E-state index in [4.69, 9.17) is 21.6 Å². The van der Waals surface area contributed by atoms with E-state index in [1.807, 2.05) is 44.2 Å². The second-order valence-electron chi connectivity index (χ2n) is 9.96. The first-order valence-electron chi connectivity index (χ1n) is 12.2. The Hall–Kier alpha value is -3.10. The molecule has 1 aliphatic heterocycles. The number of nitrogens with one attached hydrogen (secondary N) is 1. The van der Waals surface area contributed by atoms with Crippen LogP contribution in [0, 0.1) is 18.3 Å². The maximum Gasteiger partial charge on any atom is 0.243 e. The fourth-order valence-electron chi connectivity index (χ4n) is 4.73. The highest BCUT2D eigenvalue weighted by molar-refractivity contribution is 7.89. The zero-order chi connectivity index (χ0) is 26.8. The van der Waals surface area contributed by atoms with Crippen LogP contribution in [-0.2, 0) is 14.8 Å². The van der Waals surface area contributed by atoms with Crippen molar-refractivity contribution in [3.05, 3.63) is 54.1 Å². The highest BCUT2D eigenvalue weighted by Crippen LogP contribution is 2.54. The summed E-state index contributed by atoms with van der Waals surface area (Å²) in [5.74, 6) is 2.50. The summed E-state index contributed by atoms with van der Waals surface area (Å²) >= 11 is 0. The molecular formula is C27H33N3O6S. The van der Waals surface area contributed by atoms with E-state index in [1.165, 1.54) is 16.4 Å². The van der Waals surface area contributed by atoms with Crippen molar-refractivity contribution in [2.45, 2.75) is 55.2 Å². The molecule has 1 heterocycles. The topological polar surface area (TPSA) is 131 Å². The van der Waals surface area contributed by atoms with E-state index >= 15 is 0 Å². The number of nitrogens with two attached hydrogens (primary N) is 1. The highest BCUT2D eigenvalue weighted by Gasteiger charge is 2.61. The molecule has 1 aliphatic carbocycles. The average molecular weight is 528 g/mol. The van der Waals surface area contributed by atoms with Crippen LogP contribution in [-0.4, -0.2) is 61.3 Å². The number of ether oxygens (including phenoxy) is 2. The maximum absolute atomic E-state index is 13.7. The Balaban J connectivity index is 1.63. The number of terminal acetylenes is 1. The zero-order valence-electron chi connectivity index (χ0n) is 21.0. The first-order valence-corrected chi connectivity index (χ1v) is 13.7. The smallest absolute Gasteiger partial charge is 0.243 e. The Bertz CT molecular complexity index is 1280. The Labute approximate surface area is 218 Å². The van der Waals surface area contributed by atoms with Crippen molar-refractivity contribution in [2.24, 2.45) is 11.7 Å². The molecule has 0 radical (unpaired) electrons. The summed E-state index contributed by atoms with van der Waals surface area (Å²) in [5.41, 5.74) is 5.79. The van der Waals surface area contributed by atoms with Gasteiger partial charge >= 0.3 is 0 Å². The van der Waals surface area contributed by atoms with Gasteiger partial charge in [0.05, 0.1) is 22.6 Å². The van der Waals surface area contributed by atoms with Crippen LogP contribution in [0.3, 0.4) is 0 Å². The summed E-state index contributed by atoms with van der Waals surface area (Å²) < 4.78 is 39.3. The molecule has 0 spiro atoms. The van der Waals surface area contributed by atoms with Gasteiger partial charge in [-0.25, -0.2) is 8.42 Å². The molecule has 0 bridgehead atoms. The lowest BCUT2D eigenvalue weighted by atomic mass is 10.00. The fourth-order valence-corrected chi connectivity index (χ4v) is 6.36.